The summed E-state index contributed by atoms with van der Waals surface area (Å²) in [6, 6.07) is 9.36. The number of methoxy groups -OCH3 is 2. The second-order valence-electron chi connectivity index (χ2n) is 7.19. The number of amides is 2. The minimum absolute atomic E-state index is 0.0159. The monoisotopic (exact) mass is 397 g/mol. The summed E-state index contributed by atoms with van der Waals surface area (Å²) in [5.74, 6) is 0.948. The summed E-state index contributed by atoms with van der Waals surface area (Å²) in [5.41, 5.74) is 2.04. The molecule has 7 nitrogen and oxygen atoms in total. The third-order valence-corrected chi connectivity index (χ3v) is 5.27. The van der Waals surface area contributed by atoms with E-state index in [-0.39, 0.29) is 30.2 Å². The molecule has 29 heavy (non-hydrogen) atoms. The van der Waals surface area contributed by atoms with Crippen molar-refractivity contribution in [2.75, 3.05) is 27.3 Å². The highest BCUT2D eigenvalue weighted by atomic mass is 16.5. The molecular weight excluding hydrogens is 370 g/mol. The summed E-state index contributed by atoms with van der Waals surface area (Å²) >= 11 is 0. The van der Waals surface area contributed by atoms with Gasteiger partial charge in [-0.1, -0.05) is 6.07 Å². The van der Waals surface area contributed by atoms with E-state index in [1.807, 2.05) is 37.3 Å². The fraction of sp³-hybridized carbons (Fsp3) is 0.409. The van der Waals surface area contributed by atoms with Crippen molar-refractivity contribution in [1.29, 1.82) is 0 Å². The minimum atomic E-state index is -0.322. The number of hydrogen-bond acceptors (Lipinski definition) is 5. The van der Waals surface area contributed by atoms with Gasteiger partial charge in [0.2, 0.25) is 11.8 Å². The van der Waals surface area contributed by atoms with Gasteiger partial charge in [-0.05, 0) is 48.7 Å². The van der Waals surface area contributed by atoms with E-state index in [9.17, 15) is 9.59 Å². The number of rotatable bonds is 8. The Bertz CT molecular complexity index is 856. The topological polar surface area (TPSA) is 80.8 Å². The molecule has 154 valence electrons. The number of benzene rings is 1. The van der Waals surface area contributed by atoms with E-state index in [4.69, 9.17) is 9.47 Å². The molecule has 1 aliphatic rings. The van der Waals surface area contributed by atoms with Gasteiger partial charge in [0.1, 0.15) is 0 Å². The molecule has 0 unspecified atom stereocenters. The maximum atomic E-state index is 12.6. The third-order valence-electron chi connectivity index (χ3n) is 5.27. The van der Waals surface area contributed by atoms with Crippen molar-refractivity contribution in [3.8, 4) is 11.5 Å². The zero-order valence-electron chi connectivity index (χ0n) is 17.1. The number of aromatic nitrogens is 1. The molecule has 2 amide bonds. The van der Waals surface area contributed by atoms with Crippen LogP contribution in [0, 0.1) is 5.92 Å². The summed E-state index contributed by atoms with van der Waals surface area (Å²) < 4.78 is 10.6. The lowest BCUT2D eigenvalue weighted by Gasteiger charge is -2.19. The molecule has 1 aliphatic heterocycles. The van der Waals surface area contributed by atoms with Crippen LogP contribution >= 0.6 is 0 Å². The Kier molecular flexibility index (Phi) is 6.69. The van der Waals surface area contributed by atoms with Crippen LogP contribution in [0.25, 0.3) is 0 Å². The summed E-state index contributed by atoms with van der Waals surface area (Å²) in [4.78, 5) is 30.7. The lowest BCUT2D eigenvalue weighted by molar-refractivity contribution is -0.129. The minimum Gasteiger partial charge on any atom is -0.493 e. The molecular formula is C22H27N3O4. The van der Waals surface area contributed by atoms with Crippen molar-refractivity contribution in [3.05, 3.63) is 53.9 Å². The number of likely N-dealkylation sites (tertiary alicyclic amines) is 1. The number of nitrogens with zero attached hydrogens (tertiary/aromatic N) is 2. The first kappa shape index (κ1) is 20.6. The van der Waals surface area contributed by atoms with E-state index < -0.39 is 0 Å². The fourth-order valence-electron chi connectivity index (χ4n) is 3.53. The van der Waals surface area contributed by atoms with Gasteiger partial charge < -0.3 is 19.7 Å². The van der Waals surface area contributed by atoms with Gasteiger partial charge in [0, 0.05) is 31.9 Å². The predicted molar refractivity (Wildman–Crippen MR) is 109 cm³/mol. The molecule has 3 rings (SSSR count). The zero-order valence-corrected chi connectivity index (χ0v) is 17.1. The van der Waals surface area contributed by atoms with Gasteiger partial charge in [0.05, 0.1) is 26.2 Å². The molecule has 0 saturated carbocycles. The lowest BCUT2D eigenvalue weighted by Crippen LogP contribution is -2.35. The largest absolute Gasteiger partial charge is 0.493 e. The van der Waals surface area contributed by atoms with Crippen LogP contribution in [0.1, 0.15) is 30.5 Å². The normalized spacial score (nSPS) is 17.1. The molecule has 2 atom stereocenters. The molecule has 0 spiro atoms. The second-order valence-corrected chi connectivity index (χ2v) is 7.19. The Labute approximate surface area is 171 Å². The van der Waals surface area contributed by atoms with Crippen LogP contribution < -0.4 is 14.8 Å². The Morgan fingerprint density at radius 1 is 1.21 bits per heavy atom. The average Bonchev–Trinajstić information content (AvgIpc) is 3.13. The van der Waals surface area contributed by atoms with Crippen LogP contribution in [0.15, 0.2) is 42.7 Å². The molecule has 7 heteroatoms. The molecule has 2 heterocycles. The van der Waals surface area contributed by atoms with Crippen molar-refractivity contribution in [1.82, 2.24) is 15.2 Å². The Morgan fingerprint density at radius 3 is 2.62 bits per heavy atom. The maximum Gasteiger partial charge on any atom is 0.225 e. The number of ether oxygens (including phenoxy) is 2. The second kappa shape index (κ2) is 9.41. The van der Waals surface area contributed by atoms with Crippen LogP contribution in [0.3, 0.4) is 0 Å². The third kappa shape index (κ3) is 5.04. The molecule has 1 N–H and O–H groups in total. The van der Waals surface area contributed by atoms with Gasteiger partial charge in [-0.25, -0.2) is 0 Å². The van der Waals surface area contributed by atoms with E-state index in [1.165, 1.54) is 0 Å². The maximum absolute atomic E-state index is 12.6. The van der Waals surface area contributed by atoms with Crippen LogP contribution in [-0.2, 0) is 16.0 Å². The highest BCUT2D eigenvalue weighted by molar-refractivity contribution is 5.89. The summed E-state index contributed by atoms with van der Waals surface area (Å²) in [7, 11) is 3.20. The van der Waals surface area contributed by atoms with Crippen LogP contribution in [0.2, 0.25) is 0 Å². The zero-order chi connectivity index (χ0) is 20.8. The first-order valence-corrected chi connectivity index (χ1v) is 9.70. The predicted octanol–water partition coefficient (Wildman–Crippen LogP) is 2.37. The lowest BCUT2D eigenvalue weighted by atomic mass is 10.1. The van der Waals surface area contributed by atoms with E-state index in [1.54, 1.807) is 31.5 Å². The molecule has 1 aromatic heterocycles. The highest BCUT2D eigenvalue weighted by Crippen LogP contribution is 2.28. The van der Waals surface area contributed by atoms with Crippen molar-refractivity contribution in [2.24, 2.45) is 5.92 Å². The van der Waals surface area contributed by atoms with Gasteiger partial charge in [-0.2, -0.15) is 0 Å². The molecule has 2 aromatic rings. The van der Waals surface area contributed by atoms with E-state index >= 15 is 0 Å². The quantitative estimate of drug-likeness (QED) is 0.740. The number of nitrogens with one attached hydrogen (secondary N) is 1. The molecule has 0 aliphatic carbocycles. The first-order chi connectivity index (χ1) is 14.0. The van der Waals surface area contributed by atoms with E-state index in [2.05, 4.69) is 10.3 Å². The van der Waals surface area contributed by atoms with Gasteiger partial charge in [-0.3, -0.25) is 14.6 Å². The number of carbonyl (C=O) groups excluding carboxylic acids is 2. The Balaban J connectivity index is 1.54. The standard InChI is InChI=1S/C22H27N3O4/c1-15(17-6-9-23-10-7-17)24-22(27)18-13-21(26)25(14-18)11-8-16-4-5-19(28-2)20(12-16)29-3/h4-7,9-10,12,15,18H,8,11,13-14H2,1-3H3,(H,24,27)/t15-,18-/m1/s1. The van der Waals surface area contributed by atoms with Gasteiger partial charge in [0.25, 0.3) is 0 Å². The molecule has 0 bridgehead atoms. The average molecular weight is 397 g/mol. The summed E-state index contributed by atoms with van der Waals surface area (Å²) in [6.45, 7) is 2.94. The number of pyridine rings is 1. The van der Waals surface area contributed by atoms with E-state index in [0.29, 0.717) is 31.0 Å². The highest BCUT2D eigenvalue weighted by Gasteiger charge is 2.34. The van der Waals surface area contributed by atoms with Crippen molar-refractivity contribution in [3.63, 3.8) is 0 Å². The summed E-state index contributed by atoms with van der Waals surface area (Å²) in [6.07, 6.45) is 4.34. The van der Waals surface area contributed by atoms with Crippen molar-refractivity contribution >= 4 is 11.8 Å². The number of carbonyl (C=O) groups is 2. The Morgan fingerprint density at radius 2 is 1.93 bits per heavy atom. The van der Waals surface area contributed by atoms with Crippen LogP contribution in [-0.4, -0.2) is 49.0 Å². The van der Waals surface area contributed by atoms with E-state index in [0.717, 1.165) is 11.1 Å². The van der Waals surface area contributed by atoms with Crippen molar-refractivity contribution < 1.29 is 19.1 Å². The van der Waals surface area contributed by atoms with Crippen LogP contribution in [0.4, 0.5) is 0 Å². The first-order valence-electron chi connectivity index (χ1n) is 9.70. The fourth-order valence-corrected chi connectivity index (χ4v) is 3.53. The van der Waals surface area contributed by atoms with Gasteiger partial charge >= 0.3 is 0 Å². The molecule has 1 aromatic carbocycles. The number of hydrogen-bond donors (Lipinski definition) is 1. The van der Waals surface area contributed by atoms with Crippen molar-refractivity contribution in [2.45, 2.75) is 25.8 Å². The van der Waals surface area contributed by atoms with Gasteiger partial charge in [0.15, 0.2) is 11.5 Å². The SMILES string of the molecule is COc1ccc(CCN2C[C@H](C(=O)N[C@H](C)c3ccncc3)CC2=O)cc1OC. The summed E-state index contributed by atoms with van der Waals surface area (Å²) in [5, 5.41) is 3.00. The molecule has 1 saturated heterocycles. The smallest absolute Gasteiger partial charge is 0.225 e. The Hall–Kier alpha value is -3.09. The van der Waals surface area contributed by atoms with Gasteiger partial charge in [-0.15, -0.1) is 0 Å². The van der Waals surface area contributed by atoms with Crippen LogP contribution in [0.5, 0.6) is 11.5 Å². The molecule has 1 fully saturated rings. The molecule has 0 radical (unpaired) electrons.